The van der Waals surface area contributed by atoms with Crippen molar-refractivity contribution in [2.45, 2.75) is 20.0 Å². The zero-order chi connectivity index (χ0) is 22.1. The number of nitrogens with zero attached hydrogens (tertiary/aromatic N) is 4. The molecule has 0 unspecified atom stereocenters. The van der Waals surface area contributed by atoms with Crippen LogP contribution in [0.1, 0.15) is 21.5 Å². The van der Waals surface area contributed by atoms with Gasteiger partial charge in [-0.1, -0.05) is 29.8 Å². The van der Waals surface area contributed by atoms with Gasteiger partial charge in [-0.2, -0.15) is 5.10 Å². The van der Waals surface area contributed by atoms with Crippen molar-refractivity contribution in [3.8, 4) is 11.5 Å². The molecule has 0 fully saturated rings. The Hall–Kier alpha value is -4.14. The molecular formula is C23H21N5O4. The van der Waals surface area contributed by atoms with E-state index >= 15 is 0 Å². The Labute approximate surface area is 183 Å². The molecule has 1 N–H and O–H groups in total. The highest BCUT2D eigenvalue weighted by molar-refractivity contribution is 5.94. The lowest BCUT2D eigenvalue weighted by Gasteiger charge is -2.08. The van der Waals surface area contributed by atoms with Crippen LogP contribution in [0.5, 0.6) is 11.5 Å². The second-order valence-electron chi connectivity index (χ2n) is 7.60. The average Bonchev–Trinajstić information content (AvgIpc) is 3.42. The van der Waals surface area contributed by atoms with E-state index in [0.29, 0.717) is 47.7 Å². The van der Waals surface area contributed by atoms with Gasteiger partial charge in [-0.05, 0) is 30.7 Å². The van der Waals surface area contributed by atoms with Crippen LogP contribution in [-0.4, -0.2) is 38.6 Å². The molecular weight excluding hydrogens is 410 g/mol. The Morgan fingerprint density at radius 2 is 2.03 bits per heavy atom. The summed E-state index contributed by atoms with van der Waals surface area (Å²) in [6, 6.07) is 13.1. The van der Waals surface area contributed by atoms with Crippen LogP contribution >= 0.6 is 0 Å². The van der Waals surface area contributed by atoms with Crippen molar-refractivity contribution in [2.24, 2.45) is 0 Å². The number of aryl methyl sites for hydroxylation is 1. The minimum absolute atomic E-state index is 0.146. The van der Waals surface area contributed by atoms with Crippen LogP contribution in [0, 0.1) is 6.92 Å². The van der Waals surface area contributed by atoms with Gasteiger partial charge in [-0.3, -0.25) is 14.2 Å². The van der Waals surface area contributed by atoms with Crippen molar-refractivity contribution in [3.05, 3.63) is 82.0 Å². The Morgan fingerprint density at radius 3 is 2.91 bits per heavy atom. The minimum Gasteiger partial charge on any atom is -0.454 e. The summed E-state index contributed by atoms with van der Waals surface area (Å²) in [5.41, 5.74) is 3.00. The molecule has 162 valence electrons. The molecule has 0 spiro atoms. The summed E-state index contributed by atoms with van der Waals surface area (Å²) in [4.78, 5) is 29.7. The van der Waals surface area contributed by atoms with Crippen LogP contribution < -0.4 is 20.3 Å². The third-order valence-corrected chi connectivity index (χ3v) is 5.30. The van der Waals surface area contributed by atoms with Crippen molar-refractivity contribution < 1.29 is 14.3 Å². The number of carbonyl (C=O) groups excluding carboxylic acids is 1. The third-order valence-electron chi connectivity index (χ3n) is 5.30. The normalized spacial score (nSPS) is 12.3. The number of ether oxygens (including phenoxy) is 2. The molecule has 1 aliphatic heterocycles. The predicted octanol–water partition coefficient (Wildman–Crippen LogP) is 2.11. The van der Waals surface area contributed by atoms with E-state index in [1.54, 1.807) is 27.4 Å². The van der Waals surface area contributed by atoms with Gasteiger partial charge in [0.2, 0.25) is 6.79 Å². The quantitative estimate of drug-likeness (QED) is 0.502. The van der Waals surface area contributed by atoms with Crippen LogP contribution in [0.15, 0.2) is 59.8 Å². The number of carbonyl (C=O) groups is 1. The summed E-state index contributed by atoms with van der Waals surface area (Å²) in [5.74, 6) is 0.957. The van der Waals surface area contributed by atoms with E-state index in [4.69, 9.17) is 9.47 Å². The molecule has 5 rings (SSSR count). The van der Waals surface area contributed by atoms with Crippen LogP contribution in [0.2, 0.25) is 0 Å². The van der Waals surface area contributed by atoms with E-state index in [-0.39, 0.29) is 18.3 Å². The van der Waals surface area contributed by atoms with Crippen molar-refractivity contribution in [1.29, 1.82) is 0 Å². The molecule has 1 amide bonds. The van der Waals surface area contributed by atoms with Gasteiger partial charge in [-0.15, -0.1) is 0 Å². The SMILES string of the molecule is Cc1cccc(Cn2cnc3c(cnn3CCNC(=O)c3ccc4c(c3)OCO4)c2=O)c1. The van der Waals surface area contributed by atoms with Gasteiger partial charge in [0, 0.05) is 12.1 Å². The molecule has 0 radical (unpaired) electrons. The highest BCUT2D eigenvalue weighted by Crippen LogP contribution is 2.32. The van der Waals surface area contributed by atoms with E-state index in [2.05, 4.69) is 15.4 Å². The highest BCUT2D eigenvalue weighted by atomic mass is 16.7. The number of rotatable bonds is 6. The van der Waals surface area contributed by atoms with E-state index in [1.807, 2.05) is 31.2 Å². The first-order chi connectivity index (χ1) is 15.6. The molecule has 9 heteroatoms. The predicted molar refractivity (Wildman–Crippen MR) is 117 cm³/mol. The largest absolute Gasteiger partial charge is 0.454 e. The van der Waals surface area contributed by atoms with E-state index < -0.39 is 0 Å². The summed E-state index contributed by atoms with van der Waals surface area (Å²) in [6.45, 7) is 3.34. The van der Waals surface area contributed by atoms with Crippen LogP contribution in [0.25, 0.3) is 11.0 Å². The minimum atomic E-state index is -0.228. The summed E-state index contributed by atoms with van der Waals surface area (Å²) < 4.78 is 13.8. The van der Waals surface area contributed by atoms with Gasteiger partial charge >= 0.3 is 0 Å². The monoisotopic (exact) mass is 431 g/mol. The maximum atomic E-state index is 12.9. The van der Waals surface area contributed by atoms with Gasteiger partial charge in [0.1, 0.15) is 11.7 Å². The standard InChI is InChI=1S/C23H21N5O4/c1-15-3-2-4-16(9-15)12-27-13-25-21-18(23(27)30)11-26-28(21)8-7-24-22(29)17-5-6-19-20(10-17)32-14-31-19/h2-6,9-11,13H,7-8,12,14H2,1H3,(H,24,29). The first kappa shape index (κ1) is 19.8. The Balaban J connectivity index is 1.26. The molecule has 0 saturated heterocycles. The van der Waals surface area contributed by atoms with Gasteiger partial charge in [0.25, 0.3) is 11.5 Å². The van der Waals surface area contributed by atoms with Crippen molar-refractivity contribution in [1.82, 2.24) is 24.6 Å². The average molecular weight is 431 g/mol. The number of nitrogens with one attached hydrogen (secondary N) is 1. The van der Waals surface area contributed by atoms with Gasteiger partial charge < -0.3 is 14.8 Å². The molecule has 3 heterocycles. The number of fused-ring (bicyclic) bond motifs is 2. The van der Waals surface area contributed by atoms with Crippen molar-refractivity contribution in [2.75, 3.05) is 13.3 Å². The zero-order valence-electron chi connectivity index (χ0n) is 17.4. The van der Waals surface area contributed by atoms with Gasteiger partial charge in [0.05, 0.1) is 19.3 Å². The summed E-state index contributed by atoms with van der Waals surface area (Å²) in [5, 5.41) is 7.58. The zero-order valence-corrected chi connectivity index (χ0v) is 17.4. The van der Waals surface area contributed by atoms with E-state index in [9.17, 15) is 9.59 Å². The molecule has 2 aromatic carbocycles. The summed E-state index contributed by atoms with van der Waals surface area (Å²) >= 11 is 0. The molecule has 1 aliphatic rings. The number of aromatic nitrogens is 4. The molecule has 0 aliphatic carbocycles. The Morgan fingerprint density at radius 1 is 1.16 bits per heavy atom. The van der Waals surface area contributed by atoms with E-state index in [0.717, 1.165) is 11.1 Å². The van der Waals surface area contributed by atoms with E-state index in [1.165, 1.54) is 12.5 Å². The topological polar surface area (TPSA) is 100 Å². The molecule has 2 aromatic heterocycles. The van der Waals surface area contributed by atoms with Gasteiger partial charge in [-0.25, -0.2) is 9.67 Å². The lowest BCUT2D eigenvalue weighted by atomic mass is 10.1. The number of hydrogen-bond acceptors (Lipinski definition) is 6. The molecule has 32 heavy (non-hydrogen) atoms. The Bertz CT molecular complexity index is 1370. The Kier molecular flexibility index (Phi) is 5.06. The molecule has 9 nitrogen and oxygen atoms in total. The summed E-state index contributed by atoms with van der Waals surface area (Å²) in [7, 11) is 0. The lowest BCUT2D eigenvalue weighted by molar-refractivity contribution is 0.0951. The first-order valence-corrected chi connectivity index (χ1v) is 10.2. The molecule has 0 saturated carbocycles. The number of benzene rings is 2. The fourth-order valence-electron chi connectivity index (χ4n) is 3.70. The number of amides is 1. The highest BCUT2D eigenvalue weighted by Gasteiger charge is 2.16. The van der Waals surface area contributed by atoms with Crippen molar-refractivity contribution >= 4 is 16.9 Å². The fourth-order valence-corrected chi connectivity index (χ4v) is 3.70. The summed E-state index contributed by atoms with van der Waals surface area (Å²) in [6.07, 6.45) is 3.06. The van der Waals surface area contributed by atoms with Crippen LogP contribution in [0.3, 0.4) is 0 Å². The molecule has 0 bridgehead atoms. The number of hydrogen-bond donors (Lipinski definition) is 1. The van der Waals surface area contributed by atoms with Crippen molar-refractivity contribution in [3.63, 3.8) is 0 Å². The molecule has 0 atom stereocenters. The molecule has 4 aromatic rings. The second-order valence-corrected chi connectivity index (χ2v) is 7.60. The van der Waals surface area contributed by atoms with Gasteiger partial charge in [0.15, 0.2) is 17.1 Å². The van der Waals surface area contributed by atoms with Crippen LogP contribution in [-0.2, 0) is 13.1 Å². The maximum Gasteiger partial charge on any atom is 0.264 e. The second kappa shape index (κ2) is 8.18. The first-order valence-electron chi connectivity index (χ1n) is 10.2. The smallest absolute Gasteiger partial charge is 0.264 e. The lowest BCUT2D eigenvalue weighted by Crippen LogP contribution is -2.27. The third kappa shape index (κ3) is 3.80. The fraction of sp³-hybridized carbons (Fsp3) is 0.217. The maximum absolute atomic E-state index is 12.9. The van der Waals surface area contributed by atoms with Crippen LogP contribution in [0.4, 0.5) is 0 Å².